The van der Waals surface area contributed by atoms with Crippen molar-refractivity contribution < 1.29 is 17.6 Å². The first-order chi connectivity index (χ1) is 14.8. The third kappa shape index (κ3) is 3.03. The van der Waals surface area contributed by atoms with E-state index in [1.165, 1.54) is 22.5 Å². The Bertz CT molecular complexity index is 1110. The Balaban J connectivity index is 1.38. The average Bonchev–Trinajstić information content (AvgIpc) is 3.31. The number of fused-ring (bicyclic) bond motifs is 2. The van der Waals surface area contributed by atoms with Gasteiger partial charge >= 0.3 is 0 Å². The first kappa shape index (κ1) is 20.3. The van der Waals surface area contributed by atoms with Gasteiger partial charge < -0.3 is 9.80 Å². The van der Waals surface area contributed by atoms with Gasteiger partial charge in [0, 0.05) is 51.5 Å². The normalized spacial score (nSPS) is 25.9. The molecule has 0 unspecified atom stereocenters. The molecule has 3 saturated heterocycles. The Morgan fingerprint density at radius 2 is 1.74 bits per heavy atom. The van der Waals surface area contributed by atoms with Crippen LogP contribution >= 0.6 is 0 Å². The molecule has 8 nitrogen and oxygen atoms in total. The second kappa shape index (κ2) is 7.23. The van der Waals surface area contributed by atoms with Crippen LogP contribution in [0.4, 0.5) is 10.3 Å². The molecule has 31 heavy (non-hydrogen) atoms. The third-order valence-corrected chi connectivity index (χ3v) is 9.14. The number of rotatable bonds is 3. The van der Waals surface area contributed by atoms with Crippen LogP contribution in [0.3, 0.4) is 0 Å². The highest BCUT2D eigenvalue weighted by molar-refractivity contribution is 7.89. The number of carbonyl (C=O) groups excluding carboxylic acids is 1. The molecule has 0 bridgehead atoms. The lowest BCUT2D eigenvalue weighted by atomic mass is 9.75. The number of aromatic nitrogens is 2. The maximum absolute atomic E-state index is 14.2. The van der Waals surface area contributed by atoms with Crippen LogP contribution in [0.5, 0.6) is 0 Å². The van der Waals surface area contributed by atoms with E-state index >= 15 is 0 Å². The van der Waals surface area contributed by atoms with E-state index in [-0.39, 0.29) is 35.7 Å². The van der Waals surface area contributed by atoms with Crippen LogP contribution in [-0.2, 0) is 14.8 Å². The van der Waals surface area contributed by atoms with Crippen LogP contribution in [0.2, 0.25) is 0 Å². The molecule has 1 amide bonds. The summed E-state index contributed by atoms with van der Waals surface area (Å²) in [6.45, 7) is 1.72. The predicted molar refractivity (Wildman–Crippen MR) is 111 cm³/mol. The van der Waals surface area contributed by atoms with Crippen LogP contribution in [0.1, 0.15) is 12.8 Å². The Morgan fingerprint density at radius 3 is 2.42 bits per heavy atom. The number of halogens is 1. The molecule has 0 saturated carbocycles. The summed E-state index contributed by atoms with van der Waals surface area (Å²) in [5.74, 6) is -0.114. The van der Waals surface area contributed by atoms with Gasteiger partial charge in [-0.2, -0.15) is 4.31 Å². The second-order valence-electron chi connectivity index (χ2n) is 8.50. The molecule has 4 heterocycles. The number of amides is 1. The number of nitrogens with zero attached hydrogens (tertiary/aromatic N) is 5. The zero-order valence-electron chi connectivity index (χ0n) is 17.2. The van der Waals surface area contributed by atoms with Gasteiger partial charge in [0.1, 0.15) is 10.7 Å². The molecule has 1 aromatic carbocycles. The van der Waals surface area contributed by atoms with Crippen LogP contribution in [-0.4, -0.2) is 72.3 Å². The molecular weight excluding hydrogens is 421 g/mol. The zero-order chi connectivity index (χ0) is 21.8. The molecule has 3 fully saturated rings. The fourth-order valence-corrected chi connectivity index (χ4v) is 7.05. The molecule has 2 atom stereocenters. The SMILES string of the molecule is CN1C(=O)[C@@H]2CN(c3ncccn3)C[C@@H]2C12CCN(S(=O)(=O)c1ccccc1F)CC2. The number of carbonyl (C=O) groups is 1. The maximum atomic E-state index is 14.2. The summed E-state index contributed by atoms with van der Waals surface area (Å²) < 4.78 is 41.5. The number of hydrogen-bond acceptors (Lipinski definition) is 6. The molecule has 1 spiro atoms. The van der Waals surface area contributed by atoms with Gasteiger partial charge in [-0.05, 0) is 31.0 Å². The van der Waals surface area contributed by atoms with Crippen molar-refractivity contribution in [2.45, 2.75) is 23.3 Å². The molecule has 1 aromatic heterocycles. The summed E-state index contributed by atoms with van der Waals surface area (Å²) in [5.41, 5.74) is -0.410. The molecule has 0 aliphatic carbocycles. The number of anilines is 1. The highest BCUT2D eigenvalue weighted by Crippen LogP contribution is 2.49. The Kier molecular flexibility index (Phi) is 4.74. The second-order valence-corrected chi connectivity index (χ2v) is 10.4. The molecule has 0 N–H and O–H groups in total. The van der Waals surface area contributed by atoms with E-state index in [9.17, 15) is 17.6 Å². The van der Waals surface area contributed by atoms with Crippen LogP contribution < -0.4 is 4.90 Å². The zero-order valence-corrected chi connectivity index (χ0v) is 18.0. The van der Waals surface area contributed by atoms with Crippen molar-refractivity contribution >= 4 is 21.9 Å². The van der Waals surface area contributed by atoms with Crippen molar-refractivity contribution in [3.8, 4) is 0 Å². The predicted octanol–water partition coefficient (Wildman–Crippen LogP) is 1.36. The number of hydrogen-bond donors (Lipinski definition) is 0. The lowest BCUT2D eigenvalue weighted by molar-refractivity contribution is -0.132. The minimum atomic E-state index is -3.92. The average molecular weight is 446 g/mol. The third-order valence-electron chi connectivity index (χ3n) is 7.20. The van der Waals surface area contributed by atoms with Crippen LogP contribution in [0, 0.1) is 17.7 Å². The highest BCUT2D eigenvalue weighted by Gasteiger charge is 2.61. The molecule has 2 aromatic rings. The van der Waals surface area contributed by atoms with Gasteiger partial charge in [0.15, 0.2) is 0 Å². The molecular formula is C21H24FN5O3S. The van der Waals surface area contributed by atoms with E-state index in [1.807, 2.05) is 16.8 Å². The van der Waals surface area contributed by atoms with Gasteiger partial charge in [-0.15, -0.1) is 0 Å². The summed E-state index contributed by atoms with van der Waals surface area (Å²) in [6, 6.07) is 7.21. The molecule has 10 heteroatoms. The minimum absolute atomic E-state index is 0.0760. The summed E-state index contributed by atoms with van der Waals surface area (Å²) in [4.78, 5) is 25.3. The highest BCUT2D eigenvalue weighted by atomic mass is 32.2. The Hall–Kier alpha value is -2.59. The van der Waals surface area contributed by atoms with E-state index in [0.29, 0.717) is 31.9 Å². The standard InChI is InChI=1S/C21H24FN5O3S/c1-25-19(28)15-13-26(20-23-9-4-10-24-20)14-16(15)21(25)7-11-27(12-8-21)31(29,30)18-6-3-2-5-17(18)22/h2-6,9-10,15-16H,7-8,11-14H2,1H3/t15-,16+/m1/s1. The number of benzene rings is 1. The van der Waals surface area contributed by atoms with Gasteiger partial charge in [0.2, 0.25) is 21.9 Å². The van der Waals surface area contributed by atoms with Crippen LogP contribution in [0.25, 0.3) is 0 Å². The number of sulfonamides is 1. The van der Waals surface area contributed by atoms with E-state index in [1.54, 1.807) is 18.5 Å². The van der Waals surface area contributed by atoms with E-state index < -0.39 is 21.4 Å². The Morgan fingerprint density at radius 1 is 1.06 bits per heavy atom. The number of piperidine rings is 1. The summed E-state index contributed by atoms with van der Waals surface area (Å²) in [5, 5.41) is 0. The van der Waals surface area contributed by atoms with Gasteiger partial charge in [-0.1, -0.05) is 12.1 Å². The van der Waals surface area contributed by atoms with Crippen molar-refractivity contribution in [2.24, 2.45) is 11.8 Å². The van der Waals surface area contributed by atoms with E-state index in [0.717, 1.165) is 6.07 Å². The maximum Gasteiger partial charge on any atom is 0.245 e. The van der Waals surface area contributed by atoms with Crippen molar-refractivity contribution in [3.05, 3.63) is 48.5 Å². The molecule has 5 rings (SSSR count). The van der Waals surface area contributed by atoms with Gasteiger partial charge in [0.25, 0.3) is 0 Å². The van der Waals surface area contributed by atoms with Crippen molar-refractivity contribution in [2.75, 3.05) is 38.1 Å². The Labute approximate surface area is 180 Å². The van der Waals surface area contributed by atoms with Gasteiger partial charge in [-0.3, -0.25) is 4.79 Å². The monoisotopic (exact) mass is 445 g/mol. The quantitative estimate of drug-likeness (QED) is 0.709. The molecule has 0 radical (unpaired) electrons. The smallest absolute Gasteiger partial charge is 0.245 e. The summed E-state index contributed by atoms with van der Waals surface area (Å²) >= 11 is 0. The lowest BCUT2D eigenvalue weighted by Crippen LogP contribution is -2.56. The van der Waals surface area contributed by atoms with E-state index in [2.05, 4.69) is 9.97 Å². The van der Waals surface area contributed by atoms with Crippen molar-refractivity contribution in [3.63, 3.8) is 0 Å². The van der Waals surface area contributed by atoms with Crippen LogP contribution in [0.15, 0.2) is 47.6 Å². The minimum Gasteiger partial charge on any atom is -0.340 e. The fourth-order valence-electron chi connectivity index (χ4n) is 5.55. The van der Waals surface area contributed by atoms with Gasteiger partial charge in [-0.25, -0.2) is 22.8 Å². The summed E-state index contributed by atoms with van der Waals surface area (Å²) in [7, 11) is -2.10. The largest absolute Gasteiger partial charge is 0.340 e. The van der Waals surface area contributed by atoms with Gasteiger partial charge in [0.05, 0.1) is 11.5 Å². The first-order valence-corrected chi connectivity index (χ1v) is 11.8. The van der Waals surface area contributed by atoms with Crippen molar-refractivity contribution in [1.82, 2.24) is 19.2 Å². The topological polar surface area (TPSA) is 86.7 Å². The summed E-state index contributed by atoms with van der Waals surface area (Å²) in [6.07, 6.45) is 4.42. The lowest BCUT2D eigenvalue weighted by Gasteiger charge is -2.46. The van der Waals surface area contributed by atoms with Crippen molar-refractivity contribution in [1.29, 1.82) is 0 Å². The first-order valence-electron chi connectivity index (χ1n) is 10.4. The fraction of sp³-hybridized carbons (Fsp3) is 0.476. The molecule has 3 aliphatic rings. The molecule has 164 valence electrons. The van der Waals surface area contributed by atoms with E-state index in [4.69, 9.17) is 0 Å². The number of likely N-dealkylation sites (tertiary alicyclic amines) is 1. The molecule has 3 aliphatic heterocycles.